The molecule has 226 valence electrons. The van der Waals surface area contributed by atoms with Crippen molar-refractivity contribution in [3.05, 3.63) is 71.8 Å². The Kier molecular flexibility index (Phi) is 15.1. The number of nitrogens with zero attached hydrogens (tertiary/aromatic N) is 6. The second-order valence-corrected chi connectivity index (χ2v) is 9.14. The van der Waals surface area contributed by atoms with Gasteiger partial charge in [-0.15, -0.1) is 45.3 Å². The lowest BCUT2D eigenvalue weighted by atomic mass is 10.2. The van der Waals surface area contributed by atoms with E-state index >= 15 is 0 Å². The number of hydrogen-bond acceptors (Lipinski definition) is 12. The second kappa shape index (κ2) is 17.7. The minimum Gasteiger partial charge on any atom is -0.505 e. The summed E-state index contributed by atoms with van der Waals surface area (Å²) in [6.45, 7) is 1.55. The quantitative estimate of drug-likeness (QED) is 0.179. The zero-order valence-electron chi connectivity index (χ0n) is 23.6. The van der Waals surface area contributed by atoms with Crippen LogP contribution in [0.3, 0.4) is 0 Å². The lowest BCUT2D eigenvalue weighted by molar-refractivity contribution is 0.0473. The monoisotopic (exact) mass is 620 g/mol. The van der Waals surface area contributed by atoms with Gasteiger partial charge in [0.25, 0.3) is 0 Å². The van der Waals surface area contributed by atoms with Crippen molar-refractivity contribution in [2.75, 3.05) is 54.5 Å². The van der Waals surface area contributed by atoms with E-state index in [-0.39, 0.29) is 83.4 Å². The summed E-state index contributed by atoms with van der Waals surface area (Å²) in [5, 5.41) is 36.9. The van der Waals surface area contributed by atoms with E-state index in [9.17, 15) is 19.8 Å². The molecule has 0 amide bonds. The van der Waals surface area contributed by atoms with Crippen molar-refractivity contribution >= 4 is 59.5 Å². The van der Waals surface area contributed by atoms with Crippen LogP contribution in [-0.2, 0) is 9.47 Å². The summed E-state index contributed by atoms with van der Waals surface area (Å²) < 4.78 is 10.6. The molecule has 0 aromatic heterocycles. The lowest BCUT2D eigenvalue weighted by Crippen LogP contribution is -2.20. The van der Waals surface area contributed by atoms with Crippen LogP contribution in [0, 0.1) is 0 Å². The molecule has 0 saturated heterocycles. The molecular formula is C28H34Cl2N6O6. The van der Waals surface area contributed by atoms with Gasteiger partial charge in [0.05, 0.1) is 11.1 Å². The van der Waals surface area contributed by atoms with Gasteiger partial charge in [0, 0.05) is 25.2 Å². The first-order valence-electron chi connectivity index (χ1n) is 12.4. The molecule has 14 heteroatoms. The average Bonchev–Trinajstić information content (AvgIpc) is 2.92. The van der Waals surface area contributed by atoms with Crippen LogP contribution in [-0.4, -0.2) is 86.4 Å². The number of halogens is 2. The van der Waals surface area contributed by atoms with Crippen LogP contribution in [0.25, 0.3) is 0 Å². The Morgan fingerprint density at radius 2 is 0.976 bits per heavy atom. The van der Waals surface area contributed by atoms with Crippen LogP contribution < -0.4 is 0 Å². The Balaban J connectivity index is 0.00000441. The molecule has 0 atom stereocenters. The highest BCUT2D eigenvalue weighted by Gasteiger charge is 2.15. The summed E-state index contributed by atoms with van der Waals surface area (Å²) in [7, 11) is 7.48. The van der Waals surface area contributed by atoms with E-state index in [1.165, 1.54) is 6.07 Å². The molecule has 0 unspecified atom stereocenters. The molecule has 0 aliphatic heterocycles. The number of ether oxygens (including phenoxy) is 2. The first-order chi connectivity index (χ1) is 19.2. The van der Waals surface area contributed by atoms with Gasteiger partial charge in [-0.1, -0.05) is 24.3 Å². The van der Waals surface area contributed by atoms with Gasteiger partial charge < -0.3 is 29.5 Å². The SMILES string of the molecule is CN(C)CCOC(=O)c1ccccc1N=Nc1cc(N=Nc2ccccc2C(=O)OCCN(C)C)c(O)cc1O.Cl.Cl. The number of benzene rings is 3. The van der Waals surface area contributed by atoms with Crippen molar-refractivity contribution < 1.29 is 29.3 Å². The minimum absolute atomic E-state index is 0. The number of azo groups is 2. The maximum atomic E-state index is 12.5. The molecule has 0 heterocycles. The molecule has 0 aliphatic carbocycles. The number of phenolic OH excluding ortho intramolecular Hbond substituents is 2. The number of rotatable bonds is 12. The molecule has 0 fully saturated rings. The molecular weight excluding hydrogens is 587 g/mol. The summed E-state index contributed by atoms with van der Waals surface area (Å²) in [6, 6.07) is 15.3. The highest BCUT2D eigenvalue weighted by molar-refractivity contribution is 5.95. The molecule has 0 spiro atoms. The van der Waals surface area contributed by atoms with Crippen LogP contribution in [0.2, 0.25) is 0 Å². The predicted octanol–water partition coefficient (Wildman–Crippen LogP) is 6.21. The Morgan fingerprint density at radius 1 is 0.619 bits per heavy atom. The molecule has 0 radical (unpaired) electrons. The number of phenols is 2. The van der Waals surface area contributed by atoms with E-state index in [0.717, 1.165) is 6.07 Å². The van der Waals surface area contributed by atoms with Gasteiger partial charge >= 0.3 is 11.9 Å². The van der Waals surface area contributed by atoms with Gasteiger partial charge in [-0.25, -0.2) is 9.59 Å². The number of likely N-dealkylation sites (N-methyl/N-ethyl adjacent to an activating group) is 2. The standard InChI is InChI=1S/C28H32N6O6.2ClH/c1-33(2)13-15-39-27(37)19-9-5-7-11-21(19)29-31-23-17-24(26(36)18-25(23)35)32-30-22-12-8-6-10-20(22)28(38)40-16-14-34(3)4;;/h5-12,17-18,35-36H,13-16H2,1-4H3;2*1H. The van der Waals surface area contributed by atoms with Crippen molar-refractivity contribution in [1.82, 2.24) is 9.80 Å². The predicted molar refractivity (Wildman–Crippen MR) is 163 cm³/mol. The third-order valence-corrected chi connectivity index (χ3v) is 5.39. The van der Waals surface area contributed by atoms with Gasteiger partial charge in [-0.2, -0.15) is 0 Å². The van der Waals surface area contributed by atoms with Gasteiger partial charge in [-0.05, 0) is 52.5 Å². The number of aromatic hydroxyl groups is 2. The van der Waals surface area contributed by atoms with Crippen molar-refractivity contribution in [2.24, 2.45) is 20.5 Å². The maximum Gasteiger partial charge on any atom is 0.340 e. The van der Waals surface area contributed by atoms with E-state index < -0.39 is 11.9 Å². The molecule has 3 aromatic rings. The summed E-state index contributed by atoms with van der Waals surface area (Å²) in [5.41, 5.74) is 0.816. The molecule has 3 aromatic carbocycles. The number of carbonyl (C=O) groups excluding carboxylic acids is 2. The fourth-order valence-electron chi connectivity index (χ4n) is 3.19. The van der Waals surface area contributed by atoms with E-state index in [1.807, 2.05) is 38.0 Å². The van der Waals surface area contributed by atoms with Crippen molar-refractivity contribution in [3.63, 3.8) is 0 Å². The number of hydrogen-bond donors (Lipinski definition) is 2. The van der Waals surface area contributed by atoms with Crippen LogP contribution in [0.4, 0.5) is 22.7 Å². The van der Waals surface area contributed by atoms with E-state index in [2.05, 4.69) is 20.5 Å². The van der Waals surface area contributed by atoms with Gasteiger partial charge in [-0.3, -0.25) is 0 Å². The Bertz CT molecular complexity index is 1300. The first-order valence-corrected chi connectivity index (χ1v) is 12.4. The minimum atomic E-state index is -0.556. The molecule has 2 N–H and O–H groups in total. The zero-order chi connectivity index (χ0) is 29.1. The lowest BCUT2D eigenvalue weighted by Gasteiger charge is -2.10. The Morgan fingerprint density at radius 3 is 1.36 bits per heavy atom. The van der Waals surface area contributed by atoms with Crippen LogP contribution >= 0.6 is 24.8 Å². The molecule has 3 rings (SSSR count). The van der Waals surface area contributed by atoms with Crippen LogP contribution in [0.5, 0.6) is 11.5 Å². The van der Waals surface area contributed by atoms with Crippen molar-refractivity contribution in [1.29, 1.82) is 0 Å². The molecule has 0 saturated carbocycles. The van der Waals surface area contributed by atoms with Crippen molar-refractivity contribution in [2.45, 2.75) is 0 Å². The van der Waals surface area contributed by atoms with Crippen LogP contribution in [0.15, 0.2) is 81.1 Å². The normalized spacial score (nSPS) is 11.0. The van der Waals surface area contributed by atoms with Crippen LogP contribution in [0.1, 0.15) is 20.7 Å². The topological polar surface area (TPSA) is 149 Å². The fraction of sp³-hybridized carbons (Fsp3) is 0.286. The number of esters is 2. The fourth-order valence-corrected chi connectivity index (χ4v) is 3.19. The smallest absolute Gasteiger partial charge is 0.340 e. The van der Waals surface area contributed by atoms with Gasteiger partial charge in [0.2, 0.25) is 0 Å². The first kappa shape index (κ1) is 35.9. The third kappa shape index (κ3) is 10.7. The maximum absolute atomic E-state index is 12.5. The van der Waals surface area contributed by atoms with E-state index in [4.69, 9.17) is 9.47 Å². The molecule has 0 aliphatic rings. The Hall–Kier alpha value is -4.10. The summed E-state index contributed by atoms with van der Waals surface area (Å²) in [4.78, 5) is 28.8. The van der Waals surface area contributed by atoms with Crippen molar-refractivity contribution in [3.8, 4) is 11.5 Å². The second-order valence-electron chi connectivity index (χ2n) is 9.14. The molecule has 12 nitrogen and oxygen atoms in total. The highest BCUT2D eigenvalue weighted by Crippen LogP contribution is 2.40. The zero-order valence-corrected chi connectivity index (χ0v) is 25.3. The summed E-state index contributed by atoms with van der Waals surface area (Å²) >= 11 is 0. The van der Waals surface area contributed by atoms with Gasteiger partial charge in [0.1, 0.15) is 47.5 Å². The average molecular weight is 622 g/mol. The molecule has 42 heavy (non-hydrogen) atoms. The Labute approximate surface area is 256 Å². The third-order valence-electron chi connectivity index (χ3n) is 5.39. The highest BCUT2D eigenvalue weighted by atomic mass is 35.5. The van der Waals surface area contributed by atoms with Gasteiger partial charge in [0.15, 0.2) is 0 Å². The van der Waals surface area contributed by atoms with E-state index in [1.54, 1.807) is 48.5 Å². The summed E-state index contributed by atoms with van der Waals surface area (Å²) in [6.07, 6.45) is 0. The number of carbonyl (C=O) groups is 2. The van der Waals surface area contributed by atoms with E-state index in [0.29, 0.717) is 13.1 Å². The summed E-state index contributed by atoms with van der Waals surface area (Å²) in [5.74, 6) is -1.84. The largest absolute Gasteiger partial charge is 0.505 e. The molecule has 0 bridgehead atoms.